The first kappa shape index (κ1) is 14.7. The highest BCUT2D eigenvalue weighted by Gasteiger charge is 2.29. The van der Waals surface area contributed by atoms with E-state index in [0.29, 0.717) is 30.3 Å². The van der Waals surface area contributed by atoms with Gasteiger partial charge >= 0.3 is 0 Å². The van der Waals surface area contributed by atoms with Crippen LogP contribution < -0.4 is 5.32 Å². The van der Waals surface area contributed by atoms with E-state index in [-0.39, 0.29) is 17.9 Å². The summed E-state index contributed by atoms with van der Waals surface area (Å²) in [5.74, 6) is 0.825. The van der Waals surface area contributed by atoms with E-state index in [0.717, 1.165) is 6.42 Å². The highest BCUT2D eigenvalue weighted by atomic mass is 16.5. The van der Waals surface area contributed by atoms with Gasteiger partial charge < -0.3 is 15.0 Å². The van der Waals surface area contributed by atoms with E-state index in [2.05, 4.69) is 15.3 Å². The summed E-state index contributed by atoms with van der Waals surface area (Å²) in [4.78, 5) is 23.1. The molecule has 1 aromatic heterocycles. The maximum Gasteiger partial charge on any atom is 0.274 e. The van der Waals surface area contributed by atoms with Gasteiger partial charge in [-0.2, -0.15) is 0 Å². The predicted molar refractivity (Wildman–Crippen MR) is 77.0 cm³/mol. The summed E-state index contributed by atoms with van der Waals surface area (Å²) in [7, 11) is 3.45. The monoisotopic (exact) mass is 278 g/mol. The van der Waals surface area contributed by atoms with Crippen molar-refractivity contribution in [2.75, 3.05) is 32.6 Å². The number of methoxy groups -OCH3 is 1. The Morgan fingerprint density at radius 2 is 2.30 bits per heavy atom. The van der Waals surface area contributed by atoms with Crippen LogP contribution >= 0.6 is 0 Å². The van der Waals surface area contributed by atoms with Crippen molar-refractivity contribution in [1.29, 1.82) is 0 Å². The summed E-state index contributed by atoms with van der Waals surface area (Å²) >= 11 is 0. The number of likely N-dealkylation sites (tertiary alicyclic amines) is 1. The third kappa shape index (κ3) is 2.90. The molecule has 1 unspecified atom stereocenters. The fourth-order valence-corrected chi connectivity index (χ4v) is 2.27. The van der Waals surface area contributed by atoms with Gasteiger partial charge in [0.1, 0.15) is 5.82 Å². The average Bonchev–Trinajstić information content (AvgIpc) is 2.94. The molecular weight excluding hydrogens is 256 g/mol. The molecule has 0 aromatic carbocycles. The first-order valence-electron chi connectivity index (χ1n) is 6.93. The number of hydrogen-bond acceptors (Lipinski definition) is 5. The van der Waals surface area contributed by atoms with Gasteiger partial charge in [0, 0.05) is 33.2 Å². The molecule has 2 heterocycles. The second-order valence-corrected chi connectivity index (χ2v) is 5.29. The van der Waals surface area contributed by atoms with Crippen molar-refractivity contribution in [3.05, 3.63) is 17.7 Å². The van der Waals surface area contributed by atoms with Crippen molar-refractivity contribution in [3.63, 3.8) is 0 Å². The van der Waals surface area contributed by atoms with Gasteiger partial charge in [-0.15, -0.1) is 0 Å². The Labute approximate surface area is 119 Å². The van der Waals surface area contributed by atoms with Gasteiger partial charge in [0.05, 0.1) is 18.0 Å². The minimum absolute atomic E-state index is 0.0572. The highest BCUT2D eigenvalue weighted by molar-refractivity contribution is 5.97. The van der Waals surface area contributed by atoms with E-state index in [4.69, 9.17) is 4.74 Å². The van der Waals surface area contributed by atoms with Crippen LogP contribution in [0.4, 0.5) is 5.69 Å². The molecule has 2 rings (SSSR count). The predicted octanol–water partition coefficient (Wildman–Crippen LogP) is 1.50. The number of ether oxygens (including phenoxy) is 1. The standard InChI is InChI=1S/C14H22N4O2/c1-9(2)13-16-7-11(15-3)12(17-13)14(19)18-6-5-10(8-18)20-4/h7,9-10,15H,5-6,8H2,1-4H3. The molecular formula is C14H22N4O2. The molecule has 1 N–H and O–H groups in total. The molecule has 0 saturated carbocycles. The van der Waals surface area contributed by atoms with Gasteiger partial charge in [-0.3, -0.25) is 4.79 Å². The highest BCUT2D eigenvalue weighted by Crippen LogP contribution is 2.20. The molecule has 1 aromatic rings. The molecule has 20 heavy (non-hydrogen) atoms. The van der Waals surface area contributed by atoms with Crippen LogP contribution in [-0.4, -0.2) is 54.1 Å². The molecule has 1 aliphatic rings. The zero-order chi connectivity index (χ0) is 14.7. The normalized spacial score (nSPS) is 18.6. The Morgan fingerprint density at radius 1 is 1.55 bits per heavy atom. The lowest BCUT2D eigenvalue weighted by atomic mass is 10.2. The van der Waals surface area contributed by atoms with Crippen molar-refractivity contribution >= 4 is 11.6 Å². The van der Waals surface area contributed by atoms with Crippen LogP contribution in [0.1, 0.15) is 42.5 Å². The first-order chi connectivity index (χ1) is 9.56. The quantitative estimate of drug-likeness (QED) is 0.904. The Morgan fingerprint density at radius 3 is 2.85 bits per heavy atom. The number of carbonyl (C=O) groups excluding carboxylic acids is 1. The van der Waals surface area contributed by atoms with Crippen LogP contribution in [0.5, 0.6) is 0 Å². The van der Waals surface area contributed by atoms with Crippen LogP contribution in [0.2, 0.25) is 0 Å². The molecule has 1 saturated heterocycles. The number of anilines is 1. The lowest BCUT2D eigenvalue weighted by Gasteiger charge is -2.18. The summed E-state index contributed by atoms with van der Waals surface area (Å²) in [6.45, 7) is 5.36. The summed E-state index contributed by atoms with van der Waals surface area (Å²) in [5.41, 5.74) is 1.11. The van der Waals surface area contributed by atoms with Gasteiger partial charge in [-0.05, 0) is 6.42 Å². The van der Waals surface area contributed by atoms with Crippen LogP contribution in [0.3, 0.4) is 0 Å². The fraction of sp³-hybridized carbons (Fsp3) is 0.643. The molecule has 1 fully saturated rings. The number of hydrogen-bond donors (Lipinski definition) is 1. The third-order valence-electron chi connectivity index (χ3n) is 3.56. The number of aromatic nitrogens is 2. The lowest BCUT2D eigenvalue weighted by Crippen LogP contribution is -2.31. The van der Waals surface area contributed by atoms with E-state index >= 15 is 0 Å². The maximum atomic E-state index is 12.6. The topological polar surface area (TPSA) is 67.4 Å². The summed E-state index contributed by atoms with van der Waals surface area (Å²) in [5, 5.41) is 2.99. The van der Waals surface area contributed by atoms with Crippen molar-refractivity contribution in [2.24, 2.45) is 0 Å². The summed E-state index contributed by atoms with van der Waals surface area (Å²) in [6, 6.07) is 0. The minimum atomic E-state index is -0.0572. The van der Waals surface area contributed by atoms with Crippen LogP contribution in [0.25, 0.3) is 0 Å². The summed E-state index contributed by atoms with van der Waals surface area (Å²) < 4.78 is 5.30. The SMILES string of the molecule is CNc1cnc(C(C)C)nc1C(=O)N1CCC(OC)C1. The number of rotatable bonds is 4. The number of nitrogens with one attached hydrogen (secondary N) is 1. The number of amides is 1. The van der Waals surface area contributed by atoms with Crippen molar-refractivity contribution < 1.29 is 9.53 Å². The Hall–Kier alpha value is -1.69. The van der Waals surface area contributed by atoms with Crippen molar-refractivity contribution in [1.82, 2.24) is 14.9 Å². The van der Waals surface area contributed by atoms with E-state index in [1.54, 1.807) is 25.3 Å². The molecule has 0 spiro atoms. The molecule has 1 amide bonds. The molecule has 0 radical (unpaired) electrons. The largest absolute Gasteiger partial charge is 0.385 e. The molecule has 6 nitrogen and oxygen atoms in total. The Kier molecular flexibility index (Phi) is 4.54. The van der Waals surface area contributed by atoms with Gasteiger partial charge in [0.25, 0.3) is 5.91 Å². The van der Waals surface area contributed by atoms with E-state index in [1.807, 2.05) is 13.8 Å². The third-order valence-corrected chi connectivity index (χ3v) is 3.56. The molecule has 1 aliphatic heterocycles. The second kappa shape index (κ2) is 6.17. The zero-order valence-electron chi connectivity index (χ0n) is 12.5. The Bertz CT molecular complexity index is 490. The Balaban J connectivity index is 2.26. The van der Waals surface area contributed by atoms with E-state index in [1.165, 1.54) is 0 Å². The van der Waals surface area contributed by atoms with E-state index < -0.39 is 0 Å². The second-order valence-electron chi connectivity index (χ2n) is 5.29. The fourth-order valence-electron chi connectivity index (χ4n) is 2.27. The van der Waals surface area contributed by atoms with Gasteiger partial charge in [0.2, 0.25) is 0 Å². The van der Waals surface area contributed by atoms with Crippen LogP contribution in [0.15, 0.2) is 6.20 Å². The van der Waals surface area contributed by atoms with Gasteiger partial charge in [-0.1, -0.05) is 13.8 Å². The van der Waals surface area contributed by atoms with Crippen LogP contribution in [0, 0.1) is 0 Å². The molecule has 0 aliphatic carbocycles. The average molecular weight is 278 g/mol. The number of carbonyl (C=O) groups is 1. The lowest BCUT2D eigenvalue weighted by molar-refractivity contribution is 0.0719. The number of nitrogens with zero attached hydrogens (tertiary/aromatic N) is 3. The summed E-state index contributed by atoms with van der Waals surface area (Å²) in [6.07, 6.45) is 2.68. The van der Waals surface area contributed by atoms with Gasteiger partial charge in [0.15, 0.2) is 5.69 Å². The van der Waals surface area contributed by atoms with Crippen LogP contribution in [-0.2, 0) is 4.74 Å². The minimum Gasteiger partial charge on any atom is -0.385 e. The zero-order valence-corrected chi connectivity index (χ0v) is 12.5. The maximum absolute atomic E-state index is 12.6. The molecule has 0 bridgehead atoms. The first-order valence-corrected chi connectivity index (χ1v) is 6.93. The smallest absolute Gasteiger partial charge is 0.274 e. The van der Waals surface area contributed by atoms with Gasteiger partial charge in [-0.25, -0.2) is 9.97 Å². The molecule has 110 valence electrons. The molecule has 6 heteroatoms. The van der Waals surface area contributed by atoms with Crippen molar-refractivity contribution in [2.45, 2.75) is 32.3 Å². The molecule has 1 atom stereocenters. The van der Waals surface area contributed by atoms with Crippen molar-refractivity contribution in [3.8, 4) is 0 Å². The van der Waals surface area contributed by atoms with E-state index in [9.17, 15) is 4.79 Å².